The summed E-state index contributed by atoms with van der Waals surface area (Å²) in [7, 11) is 4.87. The molecule has 1 heterocycles. The topological polar surface area (TPSA) is 69.9 Å². The number of para-hydroxylation sites is 1. The molecule has 0 aliphatic carbocycles. The van der Waals surface area contributed by atoms with Gasteiger partial charge in [0.2, 0.25) is 5.91 Å². The molecule has 174 valence electrons. The van der Waals surface area contributed by atoms with Crippen molar-refractivity contribution in [3.8, 4) is 28.4 Å². The van der Waals surface area contributed by atoms with Gasteiger partial charge < -0.3 is 23.9 Å². The van der Waals surface area contributed by atoms with Crippen molar-refractivity contribution in [1.29, 1.82) is 0 Å². The number of hydrogen-bond acceptors (Lipinski definition) is 5. The highest BCUT2D eigenvalue weighted by Gasteiger charge is 2.20. The zero-order valence-corrected chi connectivity index (χ0v) is 19.9. The van der Waals surface area contributed by atoms with E-state index in [2.05, 4.69) is 5.32 Å². The maximum Gasteiger partial charge on any atom is 0.248 e. The molecule has 0 radical (unpaired) electrons. The van der Waals surface area contributed by atoms with Crippen molar-refractivity contribution >= 4 is 28.1 Å². The minimum Gasteiger partial charge on any atom is -0.497 e. The fraction of sp³-hybridized carbons (Fsp3) is 0.179. The zero-order valence-electron chi connectivity index (χ0n) is 19.9. The number of ether oxygens (including phenoxy) is 3. The van der Waals surface area contributed by atoms with Gasteiger partial charge in [-0.1, -0.05) is 18.2 Å². The molecule has 0 aliphatic rings. The number of carbonyl (C=O) groups excluding carboxylic acids is 1. The fourth-order valence-corrected chi connectivity index (χ4v) is 4.08. The van der Waals surface area contributed by atoms with Crippen molar-refractivity contribution in [3.63, 3.8) is 0 Å². The van der Waals surface area contributed by atoms with E-state index < -0.39 is 0 Å². The largest absolute Gasteiger partial charge is 0.497 e. The van der Waals surface area contributed by atoms with Crippen LogP contribution >= 0.6 is 0 Å². The Labute approximate surface area is 198 Å². The highest BCUT2D eigenvalue weighted by atomic mass is 16.5. The van der Waals surface area contributed by atoms with Gasteiger partial charge in [-0.15, -0.1) is 0 Å². The second-order valence-corrected chi connectivity index (χ2v) is 7.86. The van der Waals surface area contributed by atoms with Gasteiger partial charge >= 0.3 is 0 Å². The lowest BCUT2D eigenvalue weighted by Crippen LogP contribution is -2.08. The van der Waals surface area contributed by atoms with E-state index in [4.69, 9.17) is 18.6 Å². The number of aryl methyl sites for hydroxylation is 1. The van der Waals surface area contributed by atoms with Gasteiger partial charge in [0.1, 0.15) is 22.8 Å². The predicted octanol–water partition coefficient (Wildman–Crippen LogP) is 6.48. The second-order valence-electron chi connectivity index (χ2n) is 7.86. The second kappa shape index (κ2) is 9.75. The summed E-state index contributed by atoms with van der Waals surface area (Å²) < 4.78 is 22.7. The van der Waals surface area contributed by atoms with Crippen LogP contribution < -0.4 is 19.5 Å². The highest BCUT2D eigenvalue weighted by Crippen LogP contribution is 2.43. The van der Waals surface area contributed by atoms with Gasteiger partial charge in [0.15, 0.2) is 0 Å². The summed E-state index contributed by atoms with van der Waals surface area (Å²) in [5, 5.41) is 3.77. The van der Waals surface area contributed by atoms with Crippen LogP contribution in [0, 0.1) is 6.92 Å². The summed E-state index contributed by atoms with van der Waals surface area (Å²) in [5.41, 5.74) is 5.57. The van der Waals surface area contributed by atoms with Crippen molar-refractivity contribution in [2.24, 2.45) is 0 Å². The van der Waals surface area contributed by atoms with Crippen molar-refractivity contribution in [2.75, 3.05) is 26.6 Å². The first-order valence-corrected chi connectivity index (χ1v) is 10.8. The van der Waals surface area contributed by atoms with Crippen molar-refractivity contribution in [1.82, 2.24) is 0 Å². The fourth-order valence-electron chi connectivity index (χ4n) is 4.08. The highest BCUT2D eigenvalue weighted by molar-refractivity contribution is 6.06. The lowest BCUT2D eigenvalue weighted by atomic mass is 9.96. The van der Waals surface area contributed by atoms with E-state index in [0.717, 1.165) is 38.9 Å². The first kappa shape index (κ1) is 23.0. The van der Waals surface area contributed by atoms with E-state index in [1.807, 2.05) is 68.4 Å². The minimum atomic E-state index is -0.217. The molecular weight excluding hydrogens is 430 g/mol. The molecule has 0 unspecified atom stereocenters. The van der Waals surface area contributed by atoms with Crippen LogP contribution in [0.4, 0.5) is 5.69 Å². The van der Waals surface area contributed by atoms with Crippen LogP contribution in [0.5, 0.6) is 17.2 Å². The number of rotatable bonds is 7. The molecule has 0 aliphatic heterocycles. The summed E-state index contributed by atoms with van der Waals surface area (Å²) in [6, 6.07) is 17.0. The summed E-state index contributed by atoms with van der Waals surface area (Å²) in [6.07, 6.45) is 3.28. The molecule has 4 rings (SSSR count). The van der Waals surface area contributed by atoms with Crippen LogP contribution in [0.3, 0.4) is 0 Å². The first-order chi connectivity index (χ1) is 16.5. The smallest absolute Gasteiger partial charge is 0.248 e. The Hall–Kier alpha value is -4.19. The Morgan fingerprint density at radius 1 is 0.941 bits per heavy atom. The maximum atomic E-state index is 12.7. The van der Waals surface area contributed by atoms with E-state index in [9.17, 15) is 4.79 Å². The molecule has 0 fully saturated rings. The van der Waals surface area contributed by atoms with Gasteiger partial charge in [-0.05, 0) is 55.8 Å². The summed E-state index contributed by atoms with van der Waals surface area (Å²) >= 11 is 0. The molecule has 6 heteroatoms. The third-order valence-electron chi connectivity index (χ3n) is 5.76. The molecule has 1 N–H and O–H groups in total. The molecule has 1 aromatic heterocycles. The molecule has 34 heavy (non-hydrogen) atoms. The molecule has 0 bridgehead atoms. The Kier molecular flexibility index (Phi) is 6.59. The SMILES string of the molecule is COc1ccc(OC)c(-c2coc3c(C)c(OC)c(/C(C)=C/C(=O)Nc4ccccc4)cc23)c1. The standard InChI is InChI=1S/C28H27NO5/c1-17(13-26(30)29-19-9-7-6-8-10-19)21-15-23-24(16-34-28(23)18(2)27(21)33-5)22-14-20(31-3)11-12-25(22)32-4/h6-16H,1-5H3,(H,29,30)/b17-13+. The Balaban J connectivity index is 1.83. The number of amides is 1. The quantitative estimate of drug-likeness (QED) is 0.322. The number of fused-ring (bicyclic) bond motifs is 1. The number of carbonyl (C=O) groups is 1. The Bertz CT molecular complexity index is 1370. The molecule has 6 nitrogen and oxygen atoms in total. The van der Waals surface area contributed by atoms with Gasteiger partial charge in [-0.3, -0.25) is 4.79 Å². The summed E-state index contributed by atoms with van der Waals surface area (Å²) in [4.78, 5) is 12.7. The van der Waals surface area contributed by atoms with Gasteiger partial charge in [-0.2, -0.15) is 0 Å². The van der Waals surface area contributed by atoms with Crippen LogP contribution in [0.15, 0.2) is 71.4 Å². The number of hydrogen-bond donors (Lipinski definition) is 1. The first-order valence-electron chi connectivity index (χ1n) is 10.8. The van der Waals surface area contributed by atoms with Gasteiger partial charge in [0, 0.05) is 39.4 Å². The van der Waals surface area contributed by atoms with E-state index in [0.29, 0.717) is 22.8 Å². The molecule has 0 spiro atoms. The molecule has 3 aromatic carbocycles. The monoisotopic (exact) mass is 457 g/mol. The van der Waals surface area contributed by atoms with Crippen LogP contribution in [-0.4, -0.2) is 27.2 Å². The van der Waals surface area contributed by atoms with E-state index >= 15 is 0 Å². The third-order valence-corrected chi connectivity index (χ3v) is 5.76. The molecule has 0 saturated carbocycles. The van der Waals surface area contributed by atoms with Gasteiger partial charge in [0.05, 0.1) is 27.6 Å². The summed E-state index contributed by atoms with van der Waals surface area (Å²) in [5.74, 6) is 1.86. The maximum absolute atomic E-state index is 12.7. The predicted molar refractivity (Wildman–Crippen MR) is 135 cm³/mol. The van der Waals surface area contributed by atoms with Crippen molar-refractivity contribution in [2.45, 2.75) is 13.8 Å². The number of furan rings is 1. The molecular formula is C28H27NO5. The molecule has 0 saturated heterocycles. The van der Waals surface area contributed by atoms with Crippen LogP contribution in [0.25, 0.3) is 27.7 Å². The van der Waals surface area contributed by atoms with Gasteiger partial charge in [0.25, 0.3) is 0 Å². The van der Waals surface area contributed by atoms with Crippen LogP contribution in [-0.2, 0) is 4.79 Å². The Morgan fingerprint density at radius 2 is 1.71 bits per heavy atom. The van der Waals surface area contributed by atoms with Crippen molar-refractivity contribution in [3.05, 3.63) is 78.1 Å². The number of nitrogens with one attached hydrogen (secondary N) is 1. The molecule has 1 amide bonds. The van der Waals surface area contributed by atoms with Gasteiger partial charge in [-0.25, -0.2) is 0 Å². The van der Waals surface area contributed by atoms with Crippen molar-refractivity contribution < 1.29 is 23.4 Å². The van der Waals surface area contributed by atoms with E-state index in [1.54, 1.807) is 33.7 Å². The average Bonchev–Trinajstić information content (AvgIpc) is 3.28. The van der Waals surface area contributed by atoms with E-state index in [1.165, 1.54) is 0 Å². The zero-order chi connectivity index (χ0) is 24.2. The molecule has 0 atom stereocenters. The number of anilines is 1. The molecule has 4 aromatic rings. The Morgan fingerprint density at radius 3 is 2.38 bits per heavy atom. The number of methoxy groups -OCH3 is 3. The number of allylic oxidation sites excluding steroid dienone is 1. The summed E-state index contributed by atoms with van der Waals surface area (Å²) in [6.45, 7) is 3.83. The lowest BCUT2D eigenvalue weighted by Gasteiger charge is -2.14. The van der Waals surface area contributed by atoms with Crippen LogP contribution in [0.1, 0.15) is 18.1 Å². The minimum absolute atomic E-state index is 0.217. The van der Waals surface area contributed by atoms with Crippen LogP contribution in [0.2, 0.25) is 0 Å². The lowest BCUT2D eigenvalue weighted by molar-refractivity contribution is -0.111. The average molecular weight is 458 g/mol. The number of benzene rings is 3. The third kappa shape index (κ3) is 4.35. The normalized spacial score (nSPS) is 11.4. The van der Waals surface area contributed by atoms with E-state index in [-0.39, 0.29) is 5.91 Å².